The number of carbonyl (C=O) groups is 1. The third-order valence-corrected chi connectivity index (χ3v) is 1.26. The first-order valence-electron chi connectivity index (χ1n) is 3.65. The van der Waals surface area contributed by atoms with Gasteiger partial charge in [-0.25, -0.2) is 4.79 Å². The highest BCUT2D eigenvalue weighted by molar-refractivity contribution is 5.84. The molecule has 0 radical (unpaired) electrons. The monoisotopic (exact) mass is 180 g/mol. The lowest BCUT2D eigenvalue weighted by Crippen LogP contribution is -2.14. The van der Waals surface area contributed by atoms with Gasteiger partial charge in [0, 0.05) is 0 Å². The molecule has 0 spiro atoms. The number of amides is 1. The molecule has 0 saturated heterocycles. The summed E-state index contributed by atoms with van der Waals surface area (Å²) in [6, 6.07) is 1.86. The predicted molar refractivity (Wildman–Crippen MR) is 43.9 cm³/mol. The highest BCUT2D eigenvalue weighted by atomic mass is 16.5. The Kier molecular flexibility index (Phi) is 2.87. The number of anilines is 1. The maximum Gasteiger partial charge on any atom is 0.412 e. The molecule has 0 bridgehead atoms. The number of rotatable bonds is 2. The molecular formula is C7H8N4O2. The van der Waals surface area contributed by atoms with Crippen LogP contribution in [0.4, 0.5) is 10.6 Å². The number of aromatic nitrogens is 2. The minimum atomic E-state index is -0.608. The van der Waals surface area contributed by atoms with Crippen molar-refractivity contribution in [2.45, 2.75) is 6.92 Å². The van der Waals surface area contributed by atoms with E-state index < -0.39 is 6.09 Å². The molecule has 1 amide bonds. The second-order valence-corrected chi connectivity index (χ2v) is 2.12. The van der Waals surface area contributed by atoms with Crippen molar-refractivity contribution in [3.8, 4) is 6.07 Å². The van der Waals surface area contributed by atoms with Crippen LogP contribution in [0.3, 0.4) is 0 Å². The van der Waals surface area contributed by atoms with E-state index in [0.717, 1.165) is 0 Å². The highest BCUT2D eigenvalue weighted by Gasteiger charge is 2.07. The molecule has 6 heteroatoms. The van der Waals surface area contributed by atoms with Crippen LogP contribution in [0, 0.1) is 11.3 Å². The molecule has 0 saturated carbocycles. The number of H-pyrrole nitrogens is 1. The Morgan fingerprint density at radius 3 is 3.31 bits per heavy atom. The molecule has 0 atom stereocenters. The summed E-state index contributed by atoms with van der Waals surface area (Å²) in [7, 11) is 0. The Bertz CT molecular complexity index is 339. The minimum Gasteiger partial charge on any atom is -0.450 e. The average Bonchev–Trinajstić information content (AvgIpc) is 2.52. The van der Waals surface area contributed by atoms with Gasteiger partial charge in [0.05, 0.1) is 12.8 Å². The number of nitriles is 1. The van der Waals surface area contributed by atoms with E-state index in [4.69, 9.17) is 5.26 Å². The number of hydrogen-bond donors (Lipinski definition) is 2. The van der Waals surface area contributed by atoms with Gasteiger partial charge in [0.25, 0.3) is 0 Å². The quantitative estimate of drug-likeness (QED) is 0.705. The SMILES string of the molecule is CCOC(=O)Nc1[nH]ncc1C#N. The van der Waals surface area contributed by atoms with Gasteiger partial charge in [-0.1, -0.05) is 0 Å². The second-order valence-electron chi connectivity index (χ2n) is 2.12. The number of carbonyl (C=O) groups excluding carboxylic acids is 1. The van der Waals surface area contributed by atoms with Crippen LogP contribution in [-0.2, 0) is 4.74 Å². The van der Waals surface area contributed by atoms with Crippen LogP contribution in [-0.4, -0.2) is 22.9 Å². The van der Waals surface area contributed by atoms with E-state index in [1.165, 1.54) is 6.20 Å². The van der Waals surface area contributed by atoms with Crippen LogP contribution in [0.15, 0.2) is 6.20 Å². The summed E-state index contributed by atoms with van der Waals surface area (Å²) in [5.41, 5.74) is 0.271. The van der Waals surface area contributed by atoms with E-state index in [2.05, 4.69) is 20.3 Å². The van der Waals surface area contributed by atoms with Gasteiger partial charge in [0.2, 0.25) is 0 Å². The standard InChI is InChI=1S/C7H8N4O2/c1-2-13-7(12)10-6-5(3-8)4-9-11-6/h4H,2H2,1H3,(H2,9,10,11,12). The van der Waals surface area contributed by atoms with Crippen LogP contribution >= 0.6 is 0 Å². The molecule has 0 aliphatic carbocycles. The van der Waals surface area contributed by atoms with E-state index in [-0.39, 0.29) is 18.0 Å². The fourth-order valence-electron chi connectivity index (χ4n) is 0.735. The van der Waals surface area contributed by atoms with Gasteiger partial charge in [0.1, 0.15) is 17.5 Å². The normalized spacial score (nSPS) is 8.92. The van der Waals surface area contributed by atoms with Gasteiger partial charge in [-0.05, 0) is 6.92 Å². The van der Waals surface area contributed by atoms with Gasteiger partial charge in [-0.3, -0.25) is 10.4 Å². The Morgan fingerprint density at radius 2 is 2.69 bits per heavy atom. The third-order valence-electron chi connectivity index (χ3n) is 1.26. The van der Waals surface area contributed by atoms with Crippen LogP contribution in [0.25, 0.3) is 0 Å². The van der Waals surface area contributed by atoms with Crippen molar-refractivity contribution in [2.75, 3.05) is 11.9 Å². The van der Waals surface area contributed by atoms with Crippen molar-refractivity contribution >= 4 is 11.9 Å². The number of aromatic amines is 1. The number of hydrogen-bond acceptors (Lipinski definition) is 4. The molecular weight excluding hydrogens is 172 g/mol. The van der Waals surface area contributed by atoms with Crippen molar-refractivity contribution in [3.63, 3.8) is 0 Å². The van der Waals surface area contributed by atoms with Crippen molar-refractivity contribution in [2.24, 2.45) is 0 Å². The highest BCUT2D eigenvalue weighted by Crippen LogP contribution is 2.08. The number of ether oxygens (including phenoxy) is 1. The Balaban J connectivity index is 2.64. The van der Waals surface area contributed by atoms with Crippen molar-refractivity contribution in [3.05, 3.63) is 11.8 Å². The van der Waals surface area contributed by atoms with Crippen LogP contribution in [0.2, 0.25) is 0 Å². The lowest BCUT2D eigenvalue weighted by molar-refractivity contribution is 0.168. The summed E-state index contributed by atoms with van der Waals surface area (Å²) in [6.45, 7) is 1.97. The molecule has 0 unspecified atom stereocenters. The smallest absolute Gasteiger partial charge is 0.412 e. The van der Waals surface area contributed by atoms with Crippen molar-refractivity contribution in [1.82, 2.24) is 10.2 Å². The van der Waals surface area contributed by atoms with Crippen LogP contribution in [0.5, 0.6) is 0 Å². The zero-order chi connectivity index (χ0) is 9.68. The van der Waals surface area contributed by atoms with Gasteiger partial charge < -0.3 is 4.74 Å². The molecule has 13 heavy (non-hydrogen) atoms. The molecule has 1 aromatic rings. The zero-order valence-electron chi connectivity index (χ0n) is 7.00. The minimum absolute atomic E-state index is 0.251. The maximum absolute atomic E-state index is 10.9. The van der Waals surface area contributed by atoms with Gasteiger partial charge >= 0.3 is 6.09 Å². The summed E-state index contributed by atoms with van der Waals surface area (Å²) in [6.07, 6.45) is 0.713. The molecule has 1 rings (SSSR count). The van der Waals surface area contributed by atoms with Gasteiger partial charge in [-0.15, -0.1) is 0 Å². The first-order valence-corrected chi connectivity index (χ1v) is 3.65. The van der Waals surface area contributed by atoms with E-state index in [1.54, 1.807) is 6.92 Å². The molecule has 0 aliphatic heterocycles. The molecule has 0 aliphatic rings. The summed E-state index contributed by atoms with van der Waals surface area (Å²) < 4.78 is 4.61. The summed E-state index contributed by atoms with van der Waals surface area (Å²) in [4.78, 5) is 10.9. The maximum atomic E-state index is 10.9. The van der Waals surface area contributed by atoms with Crippen molar-refractivity contribution < 1.29 is 9.53 Å². The van der Waals surface area contributed by atoms with Crippen molar-refractivity contribution in [1.29, 1.82) is 5.26 Å². The number of nitrogens with one attached hydrogen (secondary N) is 2. The van der Waals surface area contributed by atoms with E-state index >= 15 is 0 Å². The molecule has 6 nitrogen and oxygen atoms in total. The topological polar surface area (TPSA) is 90.8 Å². The Labute approximate surface area is 74.5 Å². The first kappa shape index (κ1) is 9.06. The average molecular weight is 180 g/mol. The lowest BCUT2D eigenvalue weighted by Gasteiger charge is -2.01. The fraction of sp³-hybridized carbons (Fsp3) is 0.286. The lowest BCUT2D eigenvalue weighted by atomic mass is 10.4. The summed E-state index contributed by atoms with van der Waals surface area (Å²) in [5.74, 6) is 0.251. The predicted octanol–water partition coefficient (Wildman–Crippen LogP) is 0.850. The third kappa shape index (κ3) is 2.20. The molecule has 0 fully saturated rings. The molecule has 68 valence electrons. The largest absolute Gasteiger partial charge is 0.450 e. The van der Waals surface area contributed by atoms with E-state index in [9.17, 15) is 4.79 Å². The van der Waals surface area contributed by atoms with Crippen LogP contribution < -0.4 is 5.32 Å². The van der Waals surface area contributed by atoms with Gasteiger partial charge in [0.15, 0.2) is 0 Å². The molecule has 2 N–H and O–H groups in total. The molecule has 1 aromatic heterocycles. The van der Waals surface area contributed by atoms with Crippen LogP contribution in [0.1, 0.15) is 12.5 Å². The second kappa shape index (κ2) is 4.11. The van der Waals surface area contributed by atoms with Gasteiger partial charge in [-0.2, -0.15) is 10.4 Å². The number of nitrogens with zero attached hydrogens (tertiary/aromatic N) is 2. The fourth-order valence-corrected chi connectivity index (χ4v) is 0.735. The van der Waals surface area contributed by atoms with E-state index in [1.807, 2.05) is 6.07 Å². The van der Waals surface area contributed by atoms with E-state index in [0.29, 0.717) is 0 Å². The Morgan fingerprint density at radius 1 is 1.92 bits per heavy atom. The molecule has 0 aromatic carbocycles. The first-order chi connectivity index (χ1) is 6.27. The zero-order valence-corrected chi connectivity index (χ0v) is 7.00. The summed E-state index contributed by atoms with van der Waals surface area (Å²) in [5, 5.41) is 16.9. The molecule has 1 heterocycles. The Hall–Kier alpha value is -2.03. The summed E-state index contributed by atoms with van der Waals surface area (Å²) >= 11 is 0.